The maximum Gasteiger partial charge on any atom is 0.282 e. The average molecular weight is 473 g/mol. The minimum absolute atomic E-state index is 0.163. The van der Waals surface area contributed by atoms with Crippen molar-refractivity contribution in [1.29, 1.82) is 0 Å². The van der Waals surface area contributed by atoms with E-state index in [0.29, 0.717) is 17.7 Å². The lowest BCUT2D eigenvalue weighted by atomic mass is 9.90. The normalized spacial score (nSPS) is 20.3. The minimum Gasteiger partial charge on any atom is -0.491 e. The third-order valence-electron chi connectivity index (χ3n) is 6.23. The van der Waals surface area contributed by atoms with Crippen LogP contribution >= 0.6 is 23.4 Å². The quantitative estimate of drug-likeness (QED) is 0.463. The van der Waals surface area contributed by atoms with Crippen molar-refractivity contribution in [3.63, 3.8) is 0 Å². The van der Waals surface area contributed by atoms with Crippen LogP contribution in [0.1, 0.15) is 37.8 Å². The zero-order valence-electron chi connectivity index (χ0n) is 19.0. The number of rotatable bonds is 8. The molecule has 0 radical (unpaired) electrons. The molecule has 1 atom stereocenters. The Morgan fingerprint density at radius 3 is 2.59 bits per heavy atom. The van der Waals surface area contributed by atoms with Crippen LogP contribution in [0.4, 0.5) is 4.79 Å². The molecule has 0 saturated carbocycles. The molecule has 1 unspecified atom stereocenters. The standard InChI is InChI=1S/C26H33ClN2O2S/c1-19(2)31-23-8-9-25(27)22(15-23)14-20-10-12-28(13-11-20)17-24-18-29(26(30)32-24)16-21-6-4-3-5-7-21/h3-9,15,19-20,24H,10-14,16-18H2,1-2H3. The maximum absolute atomic E-state index is 12.5. The van der Waals surface area contributed by atoms with Gasteiger partial charge in [0.05, 0.1) is 6.10 Å². The Balaban J connectivity index is 1.24. The van der Waals surface area contributed by atoms with Crippen LogP contribution in [-0.4, -0.2) is 52.6 Å². The number of carbonyl (C=O) groups excluding carboxylic acids is 1. The van der Waals surface area contributed by atoms with E-state index in [-0.39, 0.29) is 11.3 Å². The highest BCUT2D eigenvalue weighted by molar-refractivity contribution is 8.14. The summed E-state index contributed by atoms with van der Waals surface area (Å²) < 4.78 is 5.84. The molecule has 0 N–H and O–H groups in total. The first-order chi connectivity index (χ1) is 15.5. The van der Waals surface area contributed by atoms with Crippen LogP contribution in [0.2, 0.25) is 5.02 Å². The molecular weight excluding hydrogens is 440 g/mol. The fourth-order valence-corrected chi connectivity index (χ4v) is 5.94. The summed E-state index contributed by atoms with van der Waals surface area (Å²) in [5.41, 5.74) is 2.39. The molecule has 1 amide bonds. The van der Waals surface area contributed by atoms with E-state index >= 15 is 0 Å². The lowest BCUT2D eigenvalue weighted by molar-refractivity contribution is 0.179. The van der Waals surface area contributed by atoms with Gasteiger partial charge in [0, 0.05) is 29.9 Å². The van der Waals surface area contributed by atoms with Crippen LogP contribution in [0.25, 0.3) is 0 Å². The molecule has 2 saturated heterocycles. The summed E-state index contributed by atoms with van der Waals surface area (Å²) in [5.74, 6) is 1.55. The third-order valence-corrected chi connectivity index (χ3v) is 7.69. The summed E-state index contributed by atoms with van der Waals surface area (Å²) >= 11 is 7.99. The lowest BCUT2D eigenvalue weighted by Gasteiger charge is -2.33. The van der Waals surface area contributed by atoms with Gasteiger partial charge in [0.15, 0.2) is 0 Å². The summed E-state index contributed by atoms with van der Waals surface area (Å²) in [7, 11) is 0. The van der Waals surface area contributed by atoms with Crippen molar-refractivity contribution in [3.05, 3.63) is 64.7 Å². The van der Waals surface area contributed by atoms with Gasteiger partial charge in [0.25, 0.3) is 5.24 Å². The van der Waals surface area contributed by atoms with Crippen LogP contribution in [0.5, 0.6) is 5.75 Å². The SMILES string of the molecule is CC(C)Oc1ccc(Cl)c(CC2CCN(CC3CN(Cc4ccccc4)C(=O)S3)CC2)c1. The Hall–Kier alpha value is -1.69. The molecule has 32 heavy (non-hydrogen) atoms. The fraction of sp³-hybridized carbons (Fsp3) is 0.500. The number of benzene rings is 2. The number of piperidine rings is 1. The number of likely N-dealkylation sites (tertiary alicyclic amines) is 1. The van der Waals surface area contributed by atoms with Crippen LogP contribution in [-0.2, 0) is 13.0 Å². The second kappa shape index (κ2) is 11.0. The second-order valence-corrected chi connectivity index (χ2v) is 10.9. The predicted molar refractivity (Wildman–Crippen MR) is 134 cm³/mol. The molecule has 0 spiro atoms. The van der Waals surface area contributed by atoms with Gasteiger partial charge in [-0.3, -0.25) is 4.79 Å². The van der Waals surface area contributed by atoms with E-state index in [2.05, 4.69) is 23.1 Å². The monoisotopic (exact) mass is 472 g/mol. The summed E-state index contributed by atoms with van der Waals surface area (Å²) in [4.78, 5) is 17.0. The van der Waals surface area contributed by atoms with Gasteiger partial charge in [-0.15, -0.1) is 0 Å². The minimum atomic E-state index is 0.163. The fourth-order valence-electron chi connectivity index (χ4n) is 4.63. The molecule has 0 aliphatic carbocycles. The van der Waals surface area contributed by atoms with Crippen LogP contribution in [0.15, 0.2) is 48.5 Å². The van der Waals surface area contributed by atoms with Crippen LogP contribution in [0.3, 0.4) is 0 Å². The van der Waals surface area contributed by atoms with Gasteiger partial charge in [-0.05, 0) is 81.4 Å². The zero-order valence-corrected chi connectivity index (χ0v) is 20.6. The molecule has 2 aliphatic heterocycles. The molecular formula is C26H33ClN2O2S. The highest BCUT2D eigenvalue weighted by atomic mass is 35.5. The van der Waals surface area contributed by atoms with E-state index in [9.17, 15) is 4.79 Å². The van der Waals surface area contributed by atoms with Gasteiger partial charge in [-0.25, -0.2) is 0 Å². The van der Waals surface area contributed by atoms with Gasteiger partial charge < -0.3 is 14.5 Å². The number of ether oxygens (including phenoxy) is 1. The van der Waals surface area contributed by atoms with Gasteiger partial charge in [0.1, 0.15) is 5.75 Å². The number of hydrogen-bond donors (Lipinski definition) is 0. The Bertz CT molecular complexity index is 900. The lowest BCUT2D eigenvalue weighted by Crippen LogP contribution is -2.39. The maximum atomic E-state index is 12.5. The molecule has 2 heterocycles. The van der Waals surface area contributed by atoms with E-state index < -0.39 is 0 Å². The second-order valence-electron chi connectivity index (χ2n) is 9.24. The Morgan fingerprint density at radius 2 is 1.88 bits per heavy atom. The Kier molecular flexibility index (Phi) is 8.03. The summed E-state index contributed by atoms with van der Waals surface area (Å²) in [6, 6.07) is 16.3. The molecule has 2 fully saturated rings. The molecule has 0 bridgehead atoms. The van der Waals surface area contributed by atoms with Crippen molar-refractivity contribution in [2.24, 2.45) is 5.92 Å². The van der Waals surface area contributed by atoms with Gasteiger partial charge in [-0.2, -0.15) is 0 Å². The van der Waals surface area contributed by atoms with E-state index in [0.717, 1.165) is 43.4 Å². The number of hydrogen-bond acceptors (Lipinski definition) is 4. The van der Waals surface area contributed by atoms with Crippen LogP contribution in [0, 0.1) is 5.92 Å². The van der Waals surface area contributed by atoms with Gasteiger partial charge in [-0.1, -0.05) is 53.7 Å². The Morgan fingerprint density at radius 1 is 1.12 bits per heavy atom. The van der Waals surface area contributed by atoms with Crippen molar-refractivity contribution in [1.82, 2.24) is 9.80 Å². The van der Waals surface area contributed by atoms with Crippen molar-refractivity contribution >= 4 is 28.6 Å². The van der Waals surface area contributed by atoms with Crippen molar-refractivity contribution < 1.29 is 9.53 Å². The summed E-state index contributed by atoms with van der Waals surface area (Å²) in [6.07, 6.45) is 3.51. The average Bonchev–Trinajstić information content (AvgIpc) is 3.11. The highest BCUT2D eigenvalue weighted by Crippen LogP contribution is 2.31. The molecule has 2 aromatic carbocycles. The van der Waals surface area contributed by atoms with Gasteiger partial charge >= 0.3 is 0 Å². The Labute approximate surface area is 201 Å². The van der Waals surface area contributed by atoms with Crippen LogP contribution < -0.4 is 4.74 Å². The molecule has 172 valence electrons. The first-order valence-electron chi connectivity index (χ1n) is 11.6. The third kappa shape index (κ3) is 6.43. The van der Waals surface area contributed by atoms with Crippen molar-refractivity contribution in [2.45, 2.75) is 51.0 Å². The topological polar surface area (TPSA) is 32.8 Å². The van der Waals surface area contributed by atoms with E-state index in [4.69, 9.17) is 16.3 Å². The molecule has 0 aromatic heterocycles. The van der Waals surface area contributed by atoms with Gasteiger partial charge in [0.2, 0.25) is 0 Å². The molecule has 2 aromatic rings. The van der Waals surface area contributed by atoms with E-state index in [1.807, 2.05) is 49.1 Å². The highest BCUT2D eigenvalue weighted by Gasteiger charge is 2.32. The first-order valence-corrected chi connectivity index (χ1v) is 12.9. The number of halogens is 1. The number of nitrogens with zero attached hydrogens (tertiary/aromatic N) is 2. The molecule has 6 heteroatoms. The largest absolute Gasteiger partial charge is 0.491 e. The number of thioether (sulfide) groups is 1. The van der Waals surface area contributed by atoms with E-state index in [1.165, 1.54) is 35.7 Å². The molecule has 4 nitrogen and oxygen atoms in total. The van der Waals surface area contributed by atoms with Crippen molar-refractivity contribution in [3.8, 4) is 5.75 Å². The molecule has 4 rings (SSSR count). The predicted octanol–water partition coefficient (Wildman–Crippen LogP) is 6.12. The first kappa shape index (κ1) is 23.5. The number of carbonyl (C=O) groups is 1. The molecule has 2 aliphatic rings. The van der Waals surface area contributed by atoms with Crippen molar-refractivity contribution in [2.75, 3.05) is 26.2 Å². The summed E-state index contributed by atoms with van der Waals surface area (Å²) in [6.45, 7) is 8.82. The smallest absolute Gasteiger partial charge is 0.282 e. The number of amides is 1. The summed E-state index contributed by atoms with van der Waals surface area (Å²) in [5, 5.41) is 1.41. The van der Waals surface area contributed by atoms with E-state index in [1.54, 1.807) is 0 Å². The zero-order chi connectivity index (χ0) is 22.5.